The molecule has 2 aromatic carbocycles. The lowest BCUT2D eigenvalue weighted by Gasteiger charge is -2.51. The number of hydrogen-bond acceptors (Lipinski definition) is 6. The number of hydrogen-bond donors (Lipinski definition) is 1. The molecule has 3 aromatic rings. The van der Waals surface area contributed by atoms with Gasteiger partial charge in [-0.3, -0.25) is 14.7 Å². The largest absolute Gasteiger partial charge is 0.493 e. The highest BCUT2D eigenvalue weighted by Crippen LogP contribution is 2.57. The molecule has 0 aliphatic heterocycles. The van der Waals surface area contributed by atoms with Gasteiger partial charge in [0.2, 0.25) is 0 Å². The molecule has 0 radical (unpaired) electrons. The number of esters is 1. The SMILES string of the molecule is COC(=O)C1(N(C(=O)C(F)(F)F)c2cccc(Cl)c2)CCC2(CC1)c1cc(C(=O)O)ccc1C[C@@H]2C[C@@H](C)COc1ccnc2c1[C@H](C)CCC2. The van der Waals surface area contributed by atoms with Crippen LogP contribution in [0.4, 0.5) is 18.9 Å². The van der Waals surface area contributed by atoms with Crippen LogP contribution in [0.25, 0.3) is 0 Å². The van der Waals surface area contributed by atoms with Crippen molar-refractivity contribution in [3.8, 4) is 5.75 Å². The van der Waals surface area contributed by atoms with E-state index >= 15 is 0 Å². The van der Waals surface area contributed by atoms with Crippen LogP contribution in [0.15, 0.2) is 54.7 Å². The number of amides is 1. The van der Waals surface area contributed by atoms with E-state index in [-0.39, 0.29) is 53.8 Å². The summed E-state index contributed by atoms with van der Waals surface area (Å²) >= 11 is 6.18. The summed E-state index contributed by atoms with van der Waals surface area (Å²) < 4.78 is 54.4. The van der Waals surface area contributed by atoms with Crippen LogP contribution in [0.3, 0.4) is 0 Å². The number of rotatable bonds is 9. The second kappa shape index (κ2) is 14.1. The number of ether oxygens (including phenoxy) is 2. The summed E-state index contributed by atoms with van der Waals surface area (Å²) in [7, 11) is 1.10. The summed E-state index contributed by atoms with van der Waals surface area (Å²) in [6.07, 6.45) is 1.03. The molecule has 0 bridgehead atoms. The van der Waals surface area contributed by atoms with E-state index in [9.17, 15) is 32.7 Å². The number of methoxy groups -OCH3 is 1. The summed E-state index contributed by atoms with van der Waals surface area (Å²) in [5.74, 6) is -3.03. The smallest absolute Gasteiger partial charge is 0.471 e. The van der Waals surface area contributed by atoms with Crippen LogP contribution in [-0.2, 0) is 32.6 Å². The normalized spacial score (nSPS) is 24.7. The minimum absolute atomic E-state index is 0.0333. The Morgan fingerprint density at radius 1 is 1.10 bits per heavy atom. The third kappa shape index (κ3) is 6.81. The third-order valence-electron chi connectivity index (χ3n) is 11.4. The average molecular weight is 727 g/mol. The van der Waals surface area contributed by atoms with Gasteiger partial charge >= 0.3 is 24.0 Å². The maximum atomic E-state index is 14.3. The summed E-state index contributed by atoms with van der Waals surface area (Å²) in [5.41, 5.74) is 1.32. The number of fused-ring (bicyclic) bond motifs is 3. The zero-order chi connectivity index (χ0) is 36.7. The molecule has 1 fully saturated rings. The topological polar surface area (TPSA) is 106 Å². The molecule has 51 heavy (non-hydrogen) atoms. The summed E-state index contributed by atoms with van der Waals surface area (Å²) in [6, 6.07) is 12.4. The van der Waals surface area contributed by atoms with Gasteiger partial charge in [0, 0.05) is 28.2 Å². The number of carbonyl (C=O) groups is 3. The standard InChI is InChI=1S/C39H42ClF3N2O6/c1-23(22-51-32-12-17-44-31-9-4-6-24(2)33(31)32)18-27-19-25-10-11-26(34(46)47)20-30(25)37(27)13-15-38(16-14-37,36(49)50-3)45(35(48)39(41,42)43)29-8-5-7-28(40)21-29/h5,7-8,10-12,17,20-21,23-24,27H,4,6,9,13-16,18-19,22H2,1-3H3,(H,46,47)/t23-,24-,27+,37?,38?/m1/s1. The number of carbonyl (C=O) groups excluding carboxylic acids is 2. The van der Waals surface area contributed by atoms with E-state index < -0.39 is 35.0 Å². The zero-order valence-electron chi connectivity index (χ0n) is 28.9. The number of alkyl halides is 3. The average Bonchev–Trinajstić information content (AvgIpc) is 3.38. The van der Waals surface area contributed by atoms with Gasteiger partial charge in [-0.25, -0.2) is 9.59 Å². The van der Waals surface area contributed by atoms with E-state index in [1.807, 2.05) is 12.1 Å². The van der Waals surface area contributed by atoms with Crippen LogP contribution in [0.1, 0.15) is 97.5 Å². The fraction of sp³-hybridized carbons (Fsp3) is 0.487. The number of aryl methyl sites for hydroxylation is 1. The van der Waals surface area contributed by atoms with Crippen molar-refractivity contribution in [1.29, 1.82) is 0 Å². The molecule has 1 N–H and O–H groups in total. The first kappa shape index (κ1) is 36.7. The van der Waals surface area contributed by atoms with Crippen molar-refractivity contribution in [3.05, 3.63) is 87.7 Å². The lowest BCUT2D eigenvalue weighted by atomic mass is 9.59. The van der Waals surface area contributed by atoms with E-state index in [1.54, 1.807) is 18.3 Å². The van der Waals surface area contributed by atoms with Crippen molar-refractivity contribution < 1.29 is 42.1 Å². The molecule has 3 aliphatic carbocycles. The van der Waals surface area contributed by atoms with Crippen LogP contribution < -0.4 is 9.64 Å². The second-order valence-electron chi connectivity index (χ2n) is 14.5. The molecule has 1 spiro atoms. The Morgan fingerprint density at radius 3 is 2.51 bits per heavy atom. The minimum atomic E-state index is -5.29. The van der Waals surface area contributed by atoms with Crippen molar-refractivity contribution in [1.82, 2.24) is 4.98 Å². The second-order valence-corrected chi connectivity index (χ2v) is 14.9. The molecular formula is C39H42ClF3N2O6. The molecule has 1 heterocycles. The van der Waals surface area contributed by atoms with Gasteiger partial charge in [-0.1, -0.05) is 37.6 Å². The zero-order valence-corrected chi connectivity index (χ0v) is 29.6. The number of nitrogens with zero attached hydrogens (tertiary/aromatic N) is 2. The van der Waals surface area contributed by atoms with Crippen molar-refractivity contribution in [2.45, 2.75) is 94.7 Å². The fourth-order valence-corrected chi connectivity index (χ4v) is 9.18. The molecule has 12 heteroatoms. The number of halogens is 4. The number of carboxylic acid groups (broad SMARTS) is 1. The highest BCUT2D eigenvalue weighted by molar-refractivity contribution is 6.31. The van der Waals surface area contributed by atoms with Crippen LogP contribution in [0.5, 0.6) is 5.75 Å². The van der Waals surface area contributed by atoms with Crippen molar-refractivity contribution in [3.63, 3.8) is 0 Å². The molecule has 1 saturated carbocycles. The van der Waals surface area contributed by atoms with Gasteiger partial charge in [0.1, 0.15) is 11.3 Å². The van der Waals surface area contributed by atoms with Crippen molar-refractivity contribution in [2.75, 3.05) is 18.6 Å². The first-order valence-electron chi connectivity index (χ1n) is 17.4. The van der Waals surface area contributed by atoms with E-state index in [4.69, 9.17) is 21.1 Å². The number of anilines is 1. The Bertz CT molecular complexity index is 1820. The maximum absolute atomic E-state index is 14.3. The highest BCUT2D eigenvalue weighted by Gasteiger charge is 2.60. The predicted molar refractivity (Wildman–Crippen MR) is 185 cm³/mol. The van der Waals surface area contributed by atoms with Gasteiger partial charge in [-0.2, -0.15) is 13.2 Å². The first-order valence-corrected chi connectivity index (χ1v) is 17.8. The lowest BCUT2D eigenvalue weighted by molar-refractivity contribution is -0.174. The first-order chi connectivity index (χ1) is 24.2. The van der Waals surface area contributed by atoms with Crippen LogP contribution in [0.2, 0.25) is 5.02 Å². The predicted octanol–water partition coefficient (Wildman–Crippen LogP) is 8.47. The number of aromatic carboxylic acids is 1. The van der Waals surface area contributed by atoms with Gasteiger partial charge in [0.15, 0.2) is 0 Å². The minimum Gasteiger partial charge on any atom is -0.493 e. The number of aromatic nitrogens is 1. The Labute approximate surface area is 300 Å². The highest BCUT2D eigenvalue weighted by atomic mass is 35.5. The van der Waals surface area contributed by atoms with E-state index in [1.165, 1.54) is 24.3 Å². The van der Waals surface area contributed by atoms with Gasteiger partial charge in [-0.15, -0.1) is 0 Å². The van der Waals surface area contributed by atoms with E-state index in [2.05, 4.69) is 18.8 Å². The third-order valence-corrected chi connectivity index (χ3v) is 11.6. The quantitative estimate of drug-likeness (QED) is 0.221. The van der Waals surface area contributed by atoms with Crippen LogP contribution >= 0.6 is 11.6 Å². The monoisotopic (exact) mass is 726 g/mol. The lowest BCUT2D eigenvalue weighted by Crippen LogP contribution is -2.63. The molecule has 3 atom stereocenters. The molecule has 0 unspecified atom stereocenters. The Hall–Kier alpha value is -4.12. The fourth-order valence-electron chi connectivity index (χ4n) is 8.99. The summed E-state index contributed by atoms with van der Waals surface area (Å²) in [5, 5.41) is 10.00. The molecule has 1 amide bonds. The molecule has 3 aliphatic rings. The molecule has 0 saturated heterocycles. The number of pyridine rings is 1. The van der Waals surface area contributed by atoms with Crippen molar-refractivity contribution in [2.24, 2.45) is 11.8 Å². The van der Waals surface area contributed by atoms with Gasteiger partial charge in [0.05, 0.1) is 19.3 Å². The molecule has 1 aromatic heterocycles. The Balaban J connectivity index is 1.33. The number of benzene rings is 2. The van der Waals surface area contributed by atoms with Crippen LogP contribution in [0, 0.1) is 11.8 Å². The Morgan fingerprint density at radius 2 is 1.84 bits per heavy atom. The van der Waals surface area contributed by atoms with Gasteiger partial charge in [0.25, 0.3) is 0 Å². The van der Waals surface area contributed by atoms with E-state index in [0.29, 0.717) is 30.3 Å². The van der Waals surface area contributed by atoms with Crippen molar-refractivity contribution >= 4 is 35.1 Å². The van der Waals surface area contributed by atoms with Gasteiger partial charge in [-0.05, 0) is 128 Å². The summed E-state index contributed by atoms with van der Waals surface area (Å²) in [6.45, 7) is 4.72. The maximum Gasteiger partial charge on any atom is 0.471 e. The molecule has 272 valence electrons. The molecular weight excluding hydrogens is 685 g/mol. The number of carboxylic acids is 1. The Kier molecular flexibility index (Phi) is 10.2. The molecule has 6 rings (SSSR count). The van der Waals surface area contributed by atoms with E-state index in [0.717, 1.165) is 54.5 Å². The molecule has 8 nitrogen and oxygen atoms in total. The van der Waals surface area contributed by atoms with Gasteiger partial charge < -0.3 is 14.6 Å². The van der Waals surface area contributed by atoms with Crippen LogP contribution in [-0.4, -0.2) is 53.4 Å². The summed E-state index contributed by atoms with van der Waals surface area (Å²) in [4.78, 5) is 44.1.